The number of pyridine rings is 1. The number of ether oxygens (including phenoxy) is 1. The molecule has 0 aromatic carbocycles. The Morgan fingerprint density at radius 2 is 2.29 bits per heavy atom. The first-order valence-electron chi connectivity index (χ1n) is 4.90. The Labute approximate surface area is 113 Å². The lowest BCUT2D eigenvalue weighted by molar-refractivity contribution is 0.158. The van der Waals surface area contributed by atoms with E-state index in [2.05, 4.69) is 31.5 Å². The number of hydrogen-bond acceptors (Lipinski definition) is 4. The van der Waals surface area contributed by atoms with E-state index in [1.165, 1.54) is 0 Å². The number of aryl methyl sites for hydroxylation is 1. The zero-order chi connectivity index (χ0) is 12.8. The van der Waals surface area contributed by atoms with Gasteiger partial charge in [0.1, 0.15) is 10.4 Å². The minimum Gasteiger partial charge on any atom is -0.450 e. The van der Waals surface area contributed by atoms with Crippen LogP contribution in [-0.4, -0.2) is 22.8 Å². The van der Waals surface area contributed by atoms with Crippen molar-refractivity contribution >= 4 is 45.2 Å². The lowest BCUT2D eigenvalue weighted by atomic mass is 10.3. The lowest BCUT2D eigenvalue weighted by Crippen LogP contribution is -2.34. The quantitative estimate of drug-likeness (QED) is 0.648. The summed E-state index contributed by atoms with van der Waals surface area (Å²) in [6.45, 7) is 3.94. The van der Waals surface area contributed by atoms with Crippen LogP contribution in [0.3, 0.4) is 0 Å². The second-order valence-corrected chi connectivity index (χ2v) is 4.37. The number of amides is 1. The van der Waals surface area contributed by atoms with Crippen molar-refractivity contribution in [2.75, 3.05) is 11.9 Å². The zero-order valence-electron chi connectivity index (χ0n) is 9.41. The maximum atomic E-state index is 11.1. The molecule has 0 aliphatic heterocycles. The molecule has 2 N–H and O–H groups in total. The predicted octanol–water partition coefficient (Wildman–Crippen LogP) is 2.60. The Kier molecular flexibility index (Phi) is 5.30. The average Bonchev–Trinajstić information content (AvgIpc) is 2.14. The Bertz CT molecular complexity index is 419. The SMILES string of the molecule is CCOC(=O)NC(=S)Nc1cc(C)cc(Br)n1. The van der Waals surface area contributed by atoms with E-state index < -0.39 is 6.09 Å². The standard InChI is InChI=1S/C10H12BrN3O2S/c1-3-16-10(15)14-9(17)13-8-5-6(2)4-7(11)12-8/h4-5H,3H2,1-2H3,(H2,12,13,14,15,17). The van der Waals surface area contributed by atoms with Crippen molar-refractivity contribution in [1.82, 2.24) is 10.3 Å². The van der Waals surface area contributed by atoms with Gasteiger partial charge in [-0.1, -0.05) is 0 Å². The number of anilines is 1. The van der Waals surface area contributed by atoms with Gasteiger partial charge in [-0.05, 0) is 59.7 Å². The van der Waals surface area contributed by atoms with Crippen LogP contribution >= 0.6 is 28.1 Å². The number of rotatable bonds is 2. The third-order valence-electron chi connectivity index (χ3n) is 1.67. The molecule has 0 fully saturated rings. The lowest BCUT2D eigenvalue weighted by Gasteiger charge is -2.09. The van der Waals surface area contributed by atoms with Crippen molar-refractivity contribution in [3.63, 3.8) is 0 Å². The van der Waals surface area contributed by atoms with Crippen LogP contribution in [0, 0.1) is 6.92 Å². The maximum Gasteiger partial charge on any atom is 0.413 e. The van der Waals surface area contributed by atoms with E-state index in [9.17, 15) is 4.79 Å². The summed E-state index contributed by atoms with van der Waals surface area (Å²) in [6.07, 6.45) is -0.586. The van der Waals surface area contributed by atoms with Gasteiger partial charge in [-0.2, -0.15) is 0 Å². The fraction of sp³-hybridized carbons (Fsp3) is 0.300. The van der Waals surface area contributed by atoms with E-state index >= 15 is 0 Å². The van der Waals surface area contributed by atoms with Crippen LogP contribution in [0.1, 0.15) is 12.5 Å². The molecule has 0 spiro atoms. The fourth-order valence-corrected chi connectivity index (χ4v) is 1.84. The Hall–Kier alpha value is -1.21. The van der Waals surface area contributed by atoms with E-state index in [0.717, 1.165) is 5.56 Å². The molecule has 5 nitrogen and oxygen atoms in total. The van der Waals surface area contributed by atoms with Gasteiger partial charge in [0, 0.05) is 0 Å². The van der Waals surface area contributed by atoms with Crippen molar-refractivity contribution < 1.29 is 9.53 Å². The number of nitrogens with one attached hydrogen (secondary N) is 2. The third kappa shape index (κ3) is 5.10. The number of hydrogen-bond donors (Lipinski definition) is 2. The number of carbonyl (C=O) groups is 1. The van der Waals surface area contributed by atoms with Gasteiger partial charge in [0.05, 0.1) is 6.61 Å². The minimum absolute atomic E-state index is 0.147. The zero-order valence-corrected chi connectivity index (χ0v) is 11.8. The van der Waals surface area contributed by atoms with E-state index in [1.807, 2.05) is 19.1 Å². The number of alkyl carbamates (subject to hydrolysis) is 1. The van der Waals surface area contributed by atoms with Crippen molar-refractivity contribution in [3.05, 3.63) is 22.3 Å². The highest BCUT2D eigenvalue weighted by Gasteiger charge is 2.06. The summed E-state index contributed by atoms with van der Waals surface area (Å²) >= 11 is 8.21. The van der Waals surface area contributed by atoms with E-state index in [4.69, 9.17) is 17.0 Å². The second kappa shape index (κ2) is 6.51. The molecule has 0 unspecified atom stereocenters. The van der Waals surface area contributed by atoms with Crippen molar-refractivity contribution in [3.8, 4) is 0 Å². The first-order valence-corrected chi connectivity index (χ1v) is 6.10. The molecule has 1 rings (SSSR count). The molecule has 1 aromatic rings. The smallest absolute Gasteiger partial charge is 0.413 e. The van der Waals surface area contributed by atoms with Crippen LogP contribution in [0.25, 0.3) is 0 Å². The molecule has 17 heavy (non-hydrogen) atoms. The highest BCUT2D eigenvalue weighted by atomic mass is 79.9. The highest BCUT2D eigenvalue weighted by molar-refractivity contribution is 9.10. The topological polar surface area (TPSA) is 63.2 Å². The monoisotopic (exact) mass is 317 g/mol. The summed E-state index contributed by atoms with van der Waals surface area (Å²) in [5.41, 5.74) is 1.02. The van der Waals surface area contributed by atoms with Gasteiger partial charge in [0.2, 0.25) is 0 Å². The van der Waals surface area contributed by atoms with Crippen LogP contribution < -0.4 is 10.6 Å². The number of aromatic nitrogens is 1. The van der Waals surface area contributed by atoms with Gasteiger partial charge in [-0.25, -0.2) is 9.78 Å². The van der Waals surface area contributed by atoms with Crippen molar-refractivity contribution in [2.24, 2.45) is 0 Å². The fourth-order valence-electron chi connectivity index (χ4n) is 1.10. The first kappa shape index (κ1) is 13.9. The molecular weight excluding hydrogens is 306 g/mol. The largest absolute Gasteiger partial charge is 0.450 e. The maximum absolute atomic E-state index is 11.1. The summed E-state index contributed by atoms with van der Waals surface area (Å²) in [6, 6.07) is 3.68. The summed E-state index contributed by atoms with van der Waals surface area (Å²) in [5, 5.41) is 5.31. The van der Waals surface area contributed by atoms with Gasteiger partial charge < -0.3 is 10.1 Å². The molecule has 0 radical (unpaired) electrons. The van der Waals surface area contributed by atoms with Gasteiger partial charge >= 0.3 is 6.09 Å². The molecule has 0 atom stereocenters. The molecule has 0 saturated carbocycles. The molecule has 92 valence electrons. The first-order chi connectivity index (χ1) is 8.01. The summed E-state index contributed by atoms with van der Waals surface area (Å²) in [5.74, 6) is 0.554. The second-order valence-electron chi connectivity index (χ2n) is 3.15. The molecule has 7 heteroatoms. The molecule has 0 aliphatic carbocycles. The summed E-state index contributed by atoms with van der Waals surface area (Å²) in [4.78, 5) is 15.2. The molecule has 0 aliphatic rings. The van der Waals surface area contributed by atoms with Crippen LogP contribution in [0.15, 0.2) is 16.7 Å². The van der Waals surface area contributed by atoms with E-state index in [1.54, 1.807) is 6.92 Å². The third-order valence-corrected chi connectivity index (χ3v) is 2.28. The van der Waals surface area contributed by atoms with Crippen LogP contribution in [0.5, 0.6) is 0 Å². The summed E-state index contributed by atoms with van der Waals surface area (Å²) < 4.78 is 5.38. The Morgan fingerprint density at radius 1 is 1.59 bits per heavy atom. The number of carbonyl (C=O) groups excluding carboxylic acids is 1. The molecule has 0 bridgehead atoms. The molecular formula is C10H12BrN3O2S. The predicted molar refractivity (Wildman–Crippen MR) is 73.1 cm³/mol. The average molecular weight is 318 g/mol. The number of halogens is 1. The highest BCUT2D eigenvalue weighted by Crippen LogP contribution is 2.13. The molecule has 1 aromatic heterocycles. The minimum atomic E-state index is -0.586. The van der Waals surface area contributed by atoms with Crippen molar-refractivity contribution in [2.45, 2.75) is 13.8 Å². The summed E-state index contributed by atoms with van der Waals surface area (Å²) in [7, 11) is 0. The number of nitrogens with zero attached hydrogens (tertiary/aromatic N) is 1. The van der Waals surface area contributed by atoms with Gasteiger partial charge in [0.25, 0.3) is 0 Å². The van der Waals surface area contributed by atoms with Crippen LogP contribution in [-0.2, 0) is 4.74 Å². The van der Waals surface area contributed by atoms with Crippen LogP contribution in [0.4, 0.5) is 10.6 Å². The van der Waals surface area contributed by atoms with E-state index in [-0.39, 0.29) is 5.11 Å². The number of thiocarbonyl (C=S) groups is 1. The van der Waals surface area contributed by atoms with Crippen molar-refractivity contribution in [1.29, 1.82) is 0 Å². The molecule has 1 heterocycles. The Morgan fingerprint density at radius 3 is 2.88 bits per heavy atom. The Balaban J connectivity index is 2.59. The van der Waals surface area contributed by atoms with E-state index in [0.29, 0.717) is 17.0 Å². The van der Waals surface area contributed by atoms with Gasteiger partial charge in [-0.15, -0.1) is 0 Å². The molecule has 0 saturated heterocycles. The van der Waals surface area contributed by atoms with Gasteiger partial charge in [0.15, 0.2) is 5.11 Å². The normalized spacial score (nSPS) is 9.59. The molecule has 1 amide bonds. The van der Waals surface area contributed by atoms with Crippen LogP contribution in [0.2, 0.25) is 0 Å². The van der Waals surface area contributed by atoms with Gasteiger partial charge in [-0.3, -0.25) is 5.32 Å².